The summed E-state index contributed by atoms with van der Waals surface area (Å²) in [6.45, 7) is 0. The lowest BCUT2D eigenvalue weighted by atomic mass is 10.0. The molecule has 0 amide bonds. The van der Waals surface area contributed by atoms with Gasteiger partial charge in [0.1, 0.15) is 0 Å². The molecular formula is C11H9F3O2S. The second kappa shape index (κ2) is 5.27. The number of benzene rings is 1. The summed E-state index contributed by atoms with van der Waals surface area (Å²) in [7, 11) is 0. The van der Waals surface area contributed by atoms with E-state index < -0.39 is 17.7 Å². The summed E-state index contributed by atoms with van der Waals surface area (Å²) < 4.78 is 37.2. The van der Waals surface area contributed by atoms with Gasteiger partial charge in [-0.05, 0) is 17.7 Å². The first-order valence-corrected chi connectivity index (χ1v) is 5.21. The molecule has 0 saturated carbocycles. The number of thiol groups is 1. The van der Waals surface area contributed by atoms with Crippen molar-refractivity contribution in [2.24, 2.45) is 0 Å². The van der Waals surface area contributed by atoms with Gasteiger partial charge in [-0.1, -0.05) is 18.2 Å². The largest absolute Gasteiger partial charge is 0.478 e. The first-order valence-electron chi connectivity index (χ1n) is 4.58. The van der Waals surface area contributed by atoms with E-state index in [1.54, 1.807) is 6.08 Å². The van der Waals surface area contributed by atoms with E-state index in [0.29, 0.717) is 11.8 Å². The van der Waals surface area contributed by atoms with E-state index in [2.05, 4.69) is 12.6 Å². The molecule has 0 bridgehead atoms. The predicted octanol–water partition coefficient (Wildman–Crippen LogP) is 3.35. The minimum Gasteiger partial charge on any atom is -0.478 e. The topological polar surface area (TPSA) is 37.3 Å². The normalized spacial score (nSPS) is 12.0. The highest BCUT2D eigenvalue weighted by Crippen LogP contribution is 2.30. The maximum Gasteiger partial charge on any atom is 0.416 e. The van der Waals surface area contributed by atoms with E-state index in [9.17, 15) is 18.0 Å². The summed E-state index contributed by atoms with van der Waals surface area (Å²) in [6, 6.07) is 2.61. The molecule has 6 heteroatoms. The summed E-state index contributed by atoms with van der Waals surface area (Å²) >= 11 is 3.89. The van der Waals surface area contributed by atoms with Gasteiger partial charge < -0.3 is 5.11 Å². The molecule has 1 N–H and O–H groups in total. The number of alkyl halides is 3. The van der Waals surface area contributed by atoms with Gasteiger partial charge >= 0.3 is 12.1 Å². The van der Waals surface area contributed by atoms with Crippen LogP contribution in [0.1, 0.15) is 21.5 Å². The van der Waals surface area contributed by atoms with Crippen LogP contribution in [-0.4, -0.2) is 16.8 Å². The molecule has 1 rings (SSSR count). The summed E-state index contributed by atoms with van der Waals surface area (Å²) in [5.74, 6) is -1.02. The number of carbonyl (C=O) groups is 1. The van der Waals surface area contributed by atoms with Crippen molar-refractivity contribution in [2.75, 3.05) is 5.75 Å². The van der Waals surface area contributed by atoms with Gasteiger partial charge in [0.25, 0.3) is 0 Å². The van der Waals surface area contributed by atoms with Gasteiger partial charge in [0, 0.05) is 5.75 Å². The van der Waals surface area contributed by atoms with Crippen LogP contribution in [0.15, 0.2) is 24.3 Å². The Morgan fingerprint density at radius 1 is 1.41 bits per heavy atom. The van der Waals surface area contributed by atoms with Crippen molar-refractivity contribution < 1.29 is 23.1 Å². The Morgan fingerprint density at radius 2 is 2.06 bits per heavy atom. The molecule has 0 unspecified atom stereocenters. The van der Waals surface area contributed by atoms with E-state index in [1.807, 2.05) is 0 Å². The molecule has 1 aromatic carbocycles. The fourth-order valence-electron chi connectivity index (χ4n) is 1.24. The zero-order valence-electron chi connectivity index (χ0n) is 8.53. The van der Waals surface area contributed by atoms with Crippen molar-refractivity contribution in [2.45, 2.75) is 6.18 Å². The molecule has 1 aromatic rings. The highest BCUT2D eigenvalue weighted by atomic mass is 32.1. The Labute approximate surface area is 101 Å². The van der Waals surface area contributed by atoms with Crippen LogP contribution in [0.25, 0.3) is 6.08 Å². The third-order valence-electron chi connectivity index (χ3n) is 2.01. The lowest BCUT2D eigenvalue weighted by molar-refractivity contribution is -0.137. The quantitative estimate of drug-likeness (QED) is 0.820. The number of carboxylic acids is 1. The Kier molecular flexibility index (Phi) is 4.22. The average Bonchev–Trinajstić information content (AvgIpc) is 2.24. The predicted molar refractivity (Wildman–Crippen MR) is 61.3 cm³/mol. The van der Waals surface area contributed by atoms with Crippen molar-refractivity contribution in [3.05, 3.63) is 41.0 Å². The number of aromatic carboxylic acids is 1. The highest BCUT2D eigenvalue weighted by Gasteiger charge is 2.31. The van der Waals surface area contributed by atoms with Crippen LogP contribution < -0.4 is 0 Å². The Bertz CT molecular complexity index is 453. The summed E-state index contributed by atoms with van der Waals surface area (Å²) in [5, 5.41) is 8.83. The van der Waals surface area contributed by atoms with Gasteiger partial charge in [-0.3, -0.25) is 0 Å². The first kappa shape index (κ1) is 13.6. The summed E-state index contributed by atoms with van der Waals surface area (Å²) in [4.78, 5) is 10.8. The molecule has 2 nitrogen and oxygen atoms in total. The number of rotatable bonds is 3. The fourth-order valence-corrected chi connectivity index (χ4v) is 1.35. The van der Waals surface area contributed by atoms with Crippen molar-refractivity contribution in [1.82, 2.24) is 0 Å². The van der Waals surface area contributed by atoms with Crippen LogP contribution in [0.5, 0.6) is 0 Å². The van der Waals surface area contributed by atoms with Crippen LogP contribution in [0.4, 0.5) is 13.2 Å². The second-order valence-corrected chi connectivity index (χ2v) is 3.56. The van der Waals surface area contributed by atoms with E-state index in [1.165, 1.54) is 6.08 Å². The molecule has 0 aromatic heterocycles. The zero-order chi connectivity index (χ0) is 13.1. The van der Waals surface area contributed by atoms with Crippen molar-refractivity contribution in [1.29, 1.82) is 0 Å². The molecule has 0 saturated heterocycles. The van der Waals surface area contributed by atoms with Gasteiger partial charge in [-0.2, -0.15) is 25.8 Å². The SMILES string of the molecule is O=C(O)c1cc(C(F)(F)F)ccc1C=CCS. The molecule has 0 aliphatic rings. The Morgan fingerprint density at radius 3 is 2.53 bits per heavy atom. The van der Waals surface area contributed by atoms with Gasteiger partial charge in [-0.15, -0.1) is 0 Å². The molecule has 0 heterocycles. The molecule has 0 aliphatic heterocycles. The number of hydrogen-bond acceptors (Lipinski definition) is 2. The van der Waals surface area contributed by atoms with Crippen molar-refractivity contribution in [3.63, 3.8) is 0 Å². The zero-order valence-corrected chi connectivity index (χ0v) is 9.42. The number of carboxylic acid groups (broad SMARTS) is 1. The maximum absolute atomic E-state index is 12.4. The molecular weight excluding hydrogens is 253 g/mol. The first-order chi connectivity index (χ1) is 7.86. The van der Waals surface area contributed by atoms with Crippen LogP contribution in [0, 0.1) is 0 Å². The summed E-state index contributed by atoms with van der Waals surface area (Å²) in [6.07, 6.45) is -1.56. The number of hydrogen-bond donors (Lipinski definition) is 2. The summed E-state index contributed by atoms with van der Waals surface area (Å²) in [5.41, 5.74) is -1.13. The van der Waals surface area contributed by atoms with Gasteiger partial charge in [0.2, 0.25) is 0 Å². The molecule has 17 heavy (non-hydrogen) atoms. The van der Waals surface area contributed by atoms with Crippen molar-refractivity contribution >= 4 is 24.7 Å². The van der Waals surface area contributed by atoms with E-state index in [-0.39, 0.29) is 11.1 Å². The molecule has 92 valence electrons. The van der Waals surface area contributed by atoms with Crippen molar-refractivity contribution in [3.8, 4) is 0 Å². The monoisotopic (exact) mass is 262 g/mol. The van der Waals surface area contributed by atoms with Crippen LogP contribution in [-0.2, 0) is 6.18 Å². The van der Waals surface area contributed by atoms with E-state index >= 15 is 0 Å². The standard InChI is InChI=1S/C11H9F3O2S/c12-11(13,14)8-4-3-7(2-1-5-17)9(6-8)10(15)16/h1-4,6,17H,5H2,(H,15,16). The maximum atomic E-state index is 12.4. The average molecular weight is 262 g/mol. The number of halogens is 3. The van der Waals surface area contributed by atoms with E-state index in [4.69, 9.17) is 5.11 Å². The molecule has 0 radical (unpaired) electrons. The van der Waals surface area contributed by atoms with Crippen LogP contribution in [0.3, 0.4) is 0 Å². The lowest BCUT2D eigenvalue weighted by Crippen LogP contribution is -2.08. The van der Waals surface area contributed by atoms with Gasteiger partial charge in [0.15, 0.2) is 0 Å². The Hall–Kier alpha value is -1.43. The third kappa shape index (κ3) is 3.52. The van der Waals surface area contributed by atoms with E-state index in [0.717, 1.165) is 12.1 Å². The molecule has 0 spiro atoms. The Balaban J connectivity index is 3.27. The minimum absolute atomic E-state index is 0.222. The minimum atomic E-state index is -4.55. The molecule has 0 aliphatic carbocycles. The highest BCUT2D eigenvalue weighted by molar-refractivity contribution is 7.80. The van der Waals surface area contributed by atoms with Crippen LogP contribution >= 0.6 is 12.6 Å². The molecule has 0 fully saturated rings. The van der Waals surface area contributed by atoms with Crippen LogP contribution in [0.2, 0.25) is 0 Å². The smallest absolute Gasteiger partial charge is 0.416 e. The second-order valence-electron chi connectivity index (χ2n) is 3.19. The molecule has 0 atom stereocenters. The van der Waals surface area contributed by atoms with Gasteiger partial charge in [0.05, 0.1) is 11.1 Å². The lowest BCUT2D eigenvalue weighted by Gasteiger charge is -2.09. The van der Waals surface area contributed by atoms with Gasteiger partial charge in [-0.25, -0.2) is 4.79 Å². The fraction of sp³-hybridized carbons (Fsp3) is 0.182. The third-order valence-corrected chi connectivity index (χ3v) is 2.22.